The average Bonchev–Trinajstić information content (AvgIpc) is 2.43. The van der Waals surface area contributed by atoms with Crippen LogP contribution < -0.4 is 0 Å². The molecule has 0 aliphatic rings. The van der Waals surface area contributed by atoms with Gasteiger partial charge in [-0.2, -0.15) is 0 Å². The summed E-state index contributed by atoms with van der Waals surface area (Å²) in [6.07, 6.45) is 1.19. The summed E-state index contributed by atoms with van der Waals surface area (Å²) in [5.74, 6) is 0.224. The van der Waals surface area contributed by atoms with Crippen molar-refractivity contribution in [3.05, 3.63) is 33.8 Å². The monoisotopic (exact) mass is 315 g/mol. The number of ketones is 1. The molecule has 1 aromatic rings. The molecule has 0 aliphatic heterocycles. The SMILES string of the molecule is CCN(CC)C(C)(CC)C(=O)Cc1ccc(Cl)c(Cl)c1. The maximum absolute atomic E-state index is 12.7. The van der Waals surface area contributed by atoms with Gasteiger partial charge in [0.15, 0.2) is 5.78 Å². The molecule has 1 unspecified atom stereocenters. The number of hydrogen-bond donors (Lipinski definition) is 0. The molecular formula is C16H23Cl2NO. The van der Waals surface area contributed by atoms with Gasteiger partial charge in [-0.15, -0.1) is 0 Å². The number of nitrogens with zero attached hydrogens (tertiary/aromatic N) is 1. The van der Waals surface area contributed by atoms with E-state index in [9.17, 15) is 4.79 Å². The third-order valence-corrected chi connectivity index (χ3v) is 4.84. The summed E-state index contributed by atoms with van der Waals surface area (Å²) < 4.78 is 0. The van der Waals surface area contributed by atoms with Crippen molar-refractivity contribution in [1.82, 2.24) is 4.90 Å². The number of rotatable bonds is 7. The van der Waals surface area contributed by atoms with E-state index in [0.717, 1.165) is 25.1 Å². The summed E-state index contributed by atoms with van der Waals surface area (Å²) in [7, 11) is 0. The van der Waals surface area contributed by atoms with Crippen molar-refractivity contribution < 1.29 is 4.79 Å². The Balaban J connectivity index is 2.94. The predicted octanol–water partition coefficient (Wildman–Crippen LogP) is 4.62. The summed E-state index contributed by atoms with van der Waals surface area (Å²) >= 11 is 11.9. The standard InChI is InChI=1S/C16H23Cl2NO/c1-5-16(4,19(6-2)7-3)15(20)11-12-8-9-13(17)14(18)10-12/h8-10H,5-7,11H2,1-4H3. The van der Waals surface area contributed by atoms with E-state index in [2.05, 4.69) is 25.7 Å². The van der Waals surface area contributed by atoms with Gasteiger partial charge in [-0.05, 0) is 44.1 Å². The summed E-state index contributed by atoms with van der Waals surface area (Å²) in [4.78, 5) is 14.9. The Kier molecular flexibility index (Phi) is 6.50. The van der Waals surface area contributed by atoms with E-state index in [0.29, 0.717) is 16.5 Å². The van der Waals surface area contributed by atoms with Gasteiger partial charge in [-0.25, -0.2) is 0 Å². The maximum atomic E-state index is 12.7. The van der Waals surface area contributed by atoms with Crippen LogP contribution in [0.25, 0.3) is 0 Å². The lowest BCUT2D eigenvalue weighted by molar-refractivity contribution is -0.129. The normalized spacial score (nSPS) is 14.3. The Morgan fingerprint density at radius 1 is 1.15 bits per heavy atom. The van der Waals surface area contributed by atoms with Gasteiger partial charge < -0.3 is 0 Å². The molecule has 1 atom stereocenters. The molecule has 0 amide bonds. The summed E-state index contributed by atoms with van der Waals surface area (Å²) in [5, 5.41) is 1.02. The molecule has 0 N–H and O–H groups in total. The number of halogens is 2. The molecule has 1 rings (SSSR count). The van der Waals surface area contributed by atoms with Gasteiger partial charge in [-0.1, -0.05) is 50.0 Å². The lowest BCUT2D eigenvalue weighted by atomic mass is 9.87. The number of hydrogen-bond acceptors (Lipinski definition) is 2. The molecule has 20 heavy (non-hydrogen) atoms. The quantitative estimate of drug-likeness (QED) is 0.732. The molecule has 2 nitrogen and oxygen atoms in total. The van der Waals surface area contributed by atoms with Crippen molar-refractivity contribution in [3.8, 4) is 0 Å². The minimum Gasteiger partial charge on any atom is -0.297 e. The molecule has 0 fully saturated rings. The number of Topliss-reactive ketones (excluding diaryl/α,β-unsaturated/α-hetero) is 1. The van der Waals surface area contributed by atoms with Crippen LogP contribution in [-0.2, 0) is 11.2 Å². The van der Waals surface area contributed by atoms with Gasteiger partial charge in [0.25, 0.3) is 0 Å². The highest BCUT2D eigenvalue weighted by Gasteiger charge is 2.35. The van der Waals surface area contributed by atoms with E-state index in [4.69, 9.17) is 23.2 Å². The molecule has 0 aromatic heterocycles. The van der Waals surface area contributed by atoms with Gasteiger partial charge >= 0.3 is 0 Å². The fourth-order valence-electron chi connectivity index (χ4n) is 2.54. The minimum atomic E-state index is -0.421. The largest absolute Gasteiger partial charge is 0.297 e. The molecule has 0 heterocycles. The Hall–Kier alpha value is -0.570. The van der Waals surface area contributed by atoms with Gasteiger partial charge in [0, 0.05) is 6.42 Å². The first-order valence-electron chi connectivity index (χ1n) is 7.11. The second kappa shape index (κ2) is 7.44. The highest BCUT2D eigenvalue weighted by Crippen LogP contribution is 2.26. The number of carbonyl (C=O) groups is 1. The van der Waals surface area contributed by atoms with Crippen LogP contribution in [0.15, 0.2) is 18.2 Å². The van der Waals surface area contributed by atoms with E-state index in [1.165, 1.54) is 0 Å². The maximum Gasteiger partial charge on any atom is 0.157 e. The molecule has 0 bridgehead atoms. The van der Waals surface area contributed by atoms with Crippen molar-refractivity contribution in [1.29, 1.82) is 0 Å². The Morgan fingerprint density at radius 2 is 1.75 bits per heavy atom. The van der Waals surface area contributed by atoms with Crippen molar-refractivity contribution in [2.24, 2.45) is 0 Å². The minimum absolute atomic E-state index is 0.224. The fraction of sp³-hybridized carbons (Fsp3) is 0.562. The van der Waals surface area contributed by atoms with Crippen LogP contribution in [0.3, 0.4) is 0 Å². The molecule has 1 aromatic carbocycles. The molecule has 112 valence electrons. The van der Waals surface area contributed by atoms with E-state index < -0.39 is 5.54 Å². The van der Waals surface area contributed by atoms with Gasteiger partial charge in [0.05, 0.1) is 15.6 Å². The molecule has 4 heteroatoms. The van der Waals surface area contributed by atoms with Crippen LogP contribution in [0.5, 0.6) is 0 Å². The van der Waals surface area contributed by atoms with E-state index in [1.807, 2.05) is 13.0 Å². The lowest BCUT2D eigenvalue weighted by Gasteiger charge is -2.38. The van der Waals surface area contributed by atoms with Gasteiger partial charge in [0.2, 0.25) is 0 Å². The average molecular weight is 316 g/mol. The van der Waals surface area contributed by atoms with E-state index >= 15 is 0 Å². The van der Waals surface area contributed by atoms with E-state index in [-0.39, 0.29) is 5.78 Å². The van der Waals surface area contributed by atoms with Crippen LogP contribution in [0.2, 0.25) is 10.0 Å². The van der Waals surface area contributed by atoms with Gasteiger partial charge in [0.1, 0.15) is 0 Å². The smallest absolute Gasteiger partial charge is 0.157 e. The molecule has 0 saturated heterocycles. The van der Waals surface area contributed by atoms with Crippen LogP contribution in [0.4, 0.5) is 0 Å². The summed E-state index contributed by atoms with van der Waals surface area (Å²) in [5.41, 5.74) is 0.492. The topological polar surface area (TPSA) is 20.3 Å². The first kappa shape index (κ1) is 17.5. The molecule has 0 spiro atoms. The molecule has 0 aliphatic carbocycles. The van der Waals surface area contributed by atoms with Crippen LogP contribution in [0, 0.1) is 0 Å². The zero-order chi connectivity index (χ0) is 15.3. The number of likely N-dealkylation sites (N-methyl/N-ethyl adjacent to an activating group) is 1. The molecule has 0 radical (unpaired) electrons. The summed E-state index contributed by atoms with van der Waals surface area (Å²) in [6, 6.07) is 5.39. The lowest BCUT2D eigenvalue weighted by Crippen LogP contribution is -2.52. The van der Waals surface area contributed by atoms with Crippen molar-refractivity contribution in [2.45, 2.75) is 46.1 Å². The van der Waals surface area contributed by atoms with Gasteiger partial charge in [-0.3, -0.25) is 9.69 Å². The number of benzene rings is 1. The summed E-state index contributed by atoms with van der Waals surface area (Å²) in [6.45, 7) is 10.0. The van der Waals surface area contributed by atoms with Crippen molar-refractivity contribution in [2.75, 3.05) is 13.1 Å². The van der Waals surface area contributed by atoms with E-state index in [1.54, 1.807) is 12.1 Å². The second-order valence-electron chi connectivity index (χ2n) is 5.15. The third kappa shape index (κ3) is 3.75. The second-order valence-corrected chi connectivity index (χ2v) is 5.96. The van der Waals surface area contributed by atoms with Crippen LogP contribution in [-0.4, -0.2) is 29.3 Å². The zero-order valence-electron chi connectivity index (χ0n) is 12.7. The predicted molar refractivity (Wildman–Crippen MR) is 86.8 cm³/mol. The molecular weight excluding hydrogens is 293 g/mol. The fourth-order valence-corrected chi connectivity index (χ4v) is 2.86. The first-order chi connectivity index (χ1) is 9.38. The number of carbonyl (C=O) groups excluding carboxylic acids is 1. The van der Waals surface area contributed by atoms with Crippen molar-refractivity contribution in [3.63, 3.8) is 0 Å². The van der Waals surface area contributed by atoms with Crippen molar-refractivity contribution >= 4 is 29.0 Å². The highest BCUT2D eigenvalue weighted by molar-refractivity contribution is 6.42. The van der Waals surface area contributed by atoms with Crippen LogP contribution in [0.1, 0.15) is 39.7 Å². The highest BCUT2D eigenvalue weighted by atomic mass is 35.5. The zero-order valence-corrected chi connectivity index (χ0v) is 14.2. The molecule has 0 saturated carbocycles. The Bertz CT molecular complexity index is 472. The Labute approximate surface area is 132 Å². The third-order valence-electron chi connectivity index (χ3n) is 4.10. The Morgan fingerprint density at radius 3 is 2.20 bits per heavy atom. The first-order valence-corrected chi connectivity index (χ1v) is 7.86. The van der Waals surface area contributed by atoms with Crippen LogP contribution >= 0.6 is 23.2 Å².